The van der Waals surface area contributed by atoms with E-state index in [9.17, 15) is 10.2 Å². The van der Waals surface area contributed by atoms with Crippen molar-refractivity contribution in [2.45, 2.75) is 78.4 Å². The Bertz CT molecular complexity index is 791. The second-order valence-corrected chi connectivity index (χ2v) is 11.4. The van der Waals surface area contributed by atoms with Crippen LogP contribution in [0, 0.1) is 41.4 Å². The molecule has 1 aromatic rings. The fourth-order valence-electron chi connectivity index (χ4n) is 7.67. The topological polar surface area (TPSA) is 52.5 Å². The quantitative estimate of drug-likeness (QED) is 0.546. The average Bonchev–Trinajstić information content (AvgIpc) is 3.05. The maximum absolute atomic E-state index is 10.3. The van der Waals surface area contributed by atoms with E-state index in [1.165, 1.54) is 42.4 Å². The van der Waals surface area contributed by atoms with Crippen molar-refractivity contribution in [3.8, 4) is 0 Å². The molecule has 0 aliphatic heterocycles. The highest BCUT2D eigenvalue weighted by Crippen LogP contribution is 2.63. The van der Waals surface area contributed by atoms with E-state index in [4.69, 9.17) is 0 Å². The van der Waals surface area contributed by atoms with Gasteiger partial charge in [-0.15, -0.1) is 0 Å². The van der Waals surface area contributed by atoms with Crippen LogP contribution in [0.15, 0.2) is 36.4 Å². The molecule has 0 bridgehead atoms. The highest BCUT2D eigenvalue weighted by atomic mass is 16.3. The van der Waals surface area contributed by atoms with Crippen molar-refractivity contribution in [2.24, 2.45) is 34.5 Å². The minimum absolute atomic E-state index is 0.106. The van der Waals surface area contributed by atoms with Gasteiger partial charge in [-0.05, 0) is 98.5 Å². The third-order valence-corrected chi connectivity index (χ3v) is 9.76. The summed E-state index contributed by atoms with van der Waals surface area (Å²) in [7, 11) is 0. The van der Waals surface area contributed by atoms with Gasteiger partial charge in [0.2, 0.25) is 0 Å². The molecule has 172 valence electrons. The Morgan fingerprint density at radius 2 is 1.94 bits per heavy atom. The summed E-state index contributed by atoms with van der Waals surface area (Å²) in [4.78, 5) is 0. The van der Waals surface area contributed by atoms with E-state index < -0.39 is 0 Å². The summed E-state index contributed by atoms with van der Waals surface area (Å²) in [6, 6.07) is 8.79. The summed E-state index contributed by atoms with van der Waals surface area (Å²) >= 11 is 0. The number of hydrogen-bond donors (Lipinski definition) is 3. The predicted molar refractivity (Wildman–Crippen MR) is 128 cm³/mol. The summed E-state index contributed by atoms with van der Waals surface area (Å²) in [6.45, 7) is 13.7. The molecule has 0 radical (unpaired) electrons. The van der Waals surface area contributed by atoms with Crippen molar-refractivity contribution in [1.29, 1.82) is 0 Å². The first-order valence-corrected chi connectivity index (χ1v) is 12.5. The molecule has 3 saturated carbocycles. The van der Waals surface area contributed by atoms with Crippen LogP contribution in [-0.2, 0) is 6.54 Å². The number of fused-ring (bicyclic) bond motifs is 1. The van der Waals surface area contributed by atoms with E-state index in [2.05, 4.69) is 56.9 Å². The normalized spacial score (nSPS) is 40.7. The van der Waals surface area contributed by atoms with Crippen molar-refractivity contribution >= 4 is 0 Å². The molecule has 0 amide bonds. The van der Waals surface area contributed by atoms with Crippen LogP contribution in [0.25, 0.3) is 0 Å². The molecular formula is C28H43NO2. The zero-order chi connectivity index (χ0) is 22.2. The SMILES string of the molecule is C=C1CCC2C(CNCc3cccc(C)c3)C(C3(C)CCC(O)CC3CO)CCC12C. The Labute approximate surface area is 189 Å². The van der Waals surface area contributed by atoms with Crippen molar-refractivity contribution in [1.82, 2.24) is 5.32 Å². The lowest BCUT2D eigenvalue weighted by Gasteiger charge is -2.56. The largest absolute Gasteiger partial charge is 0.396 e. The van der Waals surface area contributed by atoms with Gasteiger partial charge in [-0.25, -0.2) is 0 Å². The Morgan fingerprint density at radius 1 is 1.13 bits per heavy atom. The van der Waals surface area contributed by atoms with Gasteiger partial charge in [-0.2, -0.15) is 0 Å². The minimum atomic E-state index is -0.247. The molecule has 0 saturated heterocycles. The Balaban J connectivity index is 1.56. The zero-order valence-electron chi connectivity index (χ0n) is 19.9. The van der Waals surface area contributed by atoms with Crippen molar-refractivity contribution in [2.75, 3.05) is 13.2 Å². The minimum Gasteiger partial charge on any atom is -0.396 e. The van der Waals surface area contributed by atoms with Crippen LogP contribution in [0.3, 0.4) is 0 Å². The van der Waals surface area contributed by atoms with E-state index >= 15 is 0 Å². The number of hydrogen-bond acceptors (Lipinski definition) is 3. The molecule has 3 N–H and O–H groups in total. The molecule has 3 aliphatic carbocycles. The number of aryl methyl sites for hydroxylation is 1. The van der Waals surface area contributed by atoms with Gasteiger partial charge >= 0.3 is 0 Å². The first kappa shape index (κ1) is 23.0. The fraction of sp³-hybridized carbons (Fsp3) is 0.714. The summed E-state index contributed by atoms with van der Waals surface area (Å²) in [5, 5.41) is 24.4. The van der Waals surface area contributed by atoms with Crippen LogP contribution < -0.4 is 5.32 Å². The first-order chi connectivity index (χ1) is 14.8. The highest BCUT2D eigenvalue weighted by molar-refractivity contribution is 5.23. The van der Waals surface area contributed by atoms with Crippen LogP contribution >= 0.6 is 0 Å². The van der Waals surface area contributed by atoms with Crippen LogP contribution in [-0.4, -0.2) is 29.5 Å². The second-order valence-electron chi connectivity index (χ2n) is 11.4. The lowest BCUT2D eigenvalue weighted by Crippen LogP contribution is -2.53. The second kappa shape index (κ2) is 9.00. The van der Waals surface area contributed by atoms with Gasteiger partial charge in [0.15, 0.2) is 0 Å². The monoisotopic (exact) mass is 425 g/mol. The molecule has 7 atom stereocenters. The van der Waals surface area contributed by atoms with Gasteiger partial charge in [0, 0.05) is 13.2 Å². The van der Waals surface area contributed by atoms with Gasteiger partial charge in [0.1, 0.15) is 0 Å². The van der Waals surface area contributed by atoms with Crippen molar-refractivity contribution in [3.63, 3.8) is 0 Å². The molecule has 0 heterocycles. The molecule has 3 fully saturated rings. The third kappa shape index (κ3) is 4.26. The number of aliphatic hydroxyl groups excluding tert-OH is 2. The molecule has 3 aliphatic rings. The highest BCUT2D eigenvalue weighted by Gasteiger charge is 2.56. The first-order valence-electron chi connectivity index (χ1n) is 12.5. The third-order valence-electron chi connectivity index (χ3n) is 9.76. The predicted octanol–water partition coefficient (Wildman–Crippen LogP) is 5.24. The summed E-state index contributed by atoms with van der Waals surface area (Å²) in [6.07, 6.45) is 7.28. The maximum atomic E-state index is 10.3. The number of benzene rings is 1. The standard InChI is InChI=1S/C28H43NO2/c1-19-6-5-7-21(14-19)16-29-17-24-25-9-8-20(2)27(25,3)13-11-26(24)28(4)12-10-23(31)15-22(28)18-30/h5-7,14,22-26,29-31H,2,8-13,15-18H2,1,3-4H3. The molecule has 1 aromatic carbocycles. The molecule has 0 spiro atoms. The molecule has 4 rings (SSSR count). The van der Waals surface area contributed by atoms with E-state index in [1.807, 2.05) is 0 Å². The van der Waals surface area contributed by atoms with Crippen LogP contribution in [0.4, 0.5) is 0 Å². The zero-order valence-corrected chi connectivity index (χ0v) is 19.9. The van der Waals surface area contributed by atoms with Crippen LogP contribution in [0.1, 0.15) is 69.9 Å². The average molecular weight is 426 g/mol. The molecule has 7 unspecified atom stereocenters. The Hall–Kier alpha value is -1.16. The van der Waals surface area contributed by atoms with E-state index in [0.717, 1.165) is 32.4 Å². The maximum Gasteiger partial charge on any atom is 0.0544 e. The number of nitrogens with one attached hydrogen (secondary N) is 1. The van der Waals surface area contributed by atoms with Gasteiger partial charge in [-0.1, -0.05) is 55.8 Å². The lowest BCUT2D eigenvalue weighted by atomic mass is 9.49. The summed E-state index contributed by atoms with van der Waals surface area (Å²) < 4.78 is 0. The molecule has 3 heteroatoms. The summed E-state index contributed by atoms with van der Waals surface area (Å²) in [5.74, 6) is 2.06. The molecular weight excluding hydrogens is 382 g/mol. The van der Waals surface area contributed by atoms with Crippen LogP contribution in [0.5, 0.6) is 0 Å². The van der Waals surface area contributed by atoms with E-state index in [1.54, 1.807) is 0 Å². The lowest BCUT2D eigenvalue weighted by molar-refractivity contribution is -0.0933. The van der Waals surface area contributed by atoms with Gasteiger partial charge in [0.25, 0.3) is 0 Å². The van der Waals surface area contributed by atoms with Gasteiger partial charge in [-0.3, -0.25) is 0 Å². The van der Waals surface area contributed by atoms with E-state index in [0.29, 0.717) is 17.8 Å². The van der Waals surface area contributed by atoms with Gasteiger partial charge in [0.05, 0.1) is 6.10 Å². The number of aliphatic hydroxyl groups is 2. The Morgan fingerprint density at radius 3 is 2.68 bits per heavy atom. The number of rotatable bonds is 6. The van der Waals surface area contributed by atoms with Crippen molar-refractivity contribution < 1.29 is 10.2 Å². The molecule has 0 aromatic heterocycles. The molecule has 3 nitrogen and oxygen atoms in total. The van der Waals surface area contributed by atoms with Gasteiger partial charge < -0.3 is 15.5 Å². The van der Waals surface area contributed by atoms with Crippen LogP contribution in [0.2, 0.25) is 0 Å². The number of allylic oxidation sites excluding steroid dienone is 1. The van der Waals surface area contributed by atoms with Crippen molar-refractivity contribution in [3.05, 3.63) is 47.5 Å². The fourth-order valence-corrected chi connectivity index (χ4v) is 7.67. The van der Waals surface area contributed by atoms with E-state index in [-0.39, 0.29) is 29.5 Å². The smallest absolute Gasteiger partial charge is 0.0544 e. The molecule has 31 heavy (non-hydrogen) atoms. The summed E-state index contributed by atoms with van der Waals surface area (Å²) in [5.41, 5.74) is 4.50. The Kier molecular flexibility index (Phi) is 6.68.